The maximum Gasteiger partial charge on any atom is 0.252 e. The van der Waals surface area contributed by atoms with Crippen molar-refractivity contribution >= 4 is 21.7 Å². The van der Waals surface area contributed by atoms with Gasteiger partial charge in [-0.05, 0) is 25.0 Å². The monoisotopic (exact) mass is 431 g/mol. The summed E-state index contributed by atoms with van der Waals surface area (Å²) in [5.74, 6) is -0.135. The van der Waals surface area contributed by atoms with Gasteiger partial charge in [-0.1, -0.05) is 30.3 Å². The van der Waals surface area contributed by atoms with Crippen LogP contribution in [-0.2, 0) is 14.6 Å². The van der Waals surface area contributed by atoms with Crippen molar-refractivity contribution in [1.29, 1.82) is 0 Å². The second-order valence-electron chi connectivity index (χ2n) is 7.23. The molecule has 0 bridgehead atoms. The van der Waals surface area contributed by atoms with Gasteiger partial charge in [0, 0.05) is 31.3 Å². The minimum atomic E-state index is -3.04. The highest BCUT2D eigenvalue weighted by Gasteiger charge is 2.28. The van der Waals surface area contributed by atoms with Crippen LogP contribution in [0.25, 0.3) is 0 Å². The fraction of sp³-hybridized carbons (Fsp3) is 0.381. The summed E-state index contributed by atoms with van der Waals surface area (Å²) in [7, 11) is -3.04. The molecule has 2 amide bonds. The van der Waals surface area contributed by atoms with E-state index >= 15 is 0 Å². The Balaban J connectivity index is 1.42. The minimum Gasteiger partial charge on any atom is -0.470 e. The lowest BCUT2D eigenvalue weighted by Crippen LogP contribution is -2.37. The third-order valence-electron chi connectivity index (χ3n) is 4.80. The zero-order valence-corrected chi connectivity index (χ0v) is 17.5. The number of carbonyl (C=O) groups excluding carboxylic acids is 2. The predicted molar refractivity (Wildman–Crippen MR) is 112 cm³/mol. The molecule has 2 N–H and O–H groups in total. The van der Waals surface area contributed by atoms with E-state index in [9.17, 15) is 18.0 Å². The summed E-state index contributed by atoms with van der Waals surface area (Å²) < 4.78 is 28.6. The molecule has 3 rings (SSSR count). The molecular formula is C21H25N3O5S. The van der Waals surface area contributed by atoms with Crippen molar-refractivity contribution in [3.63, 3.8) is 0 Å². The van der Waals surface area contributed by atoms with Gasteiger partial charge in [-0.2, -0.15) is 0 Å². The van der Waals surface area contributed by atoms with E-state index in [-0.39, 0.29) is 48.4 Å². The topological polar surface area (TPSA) is 114 Å². The highest BCUT2D eigenvalue weighted by atomic mass is 32.2. The molecule has 1 aromatic heterocycles. The molecule has 0 aliphatic carbocycles. The number of carbonyl (C=O) groups is 2. The Morgan fingerprint density at radius 1 is 1.20 bits per heavy atom. The Morgan fingerprint density at radius 2 is 1.97 bits per heavy atom. The molecule has 1 aliphatic heterocycles. The van der Waals surface area contributed by atoms with Crippen molar-refractivity contribution < 1.29 is 22.7 Å². The molecule has 1 fully saturated rings. The summed E-state index contributed by atoms with van der Waals surface area (Å²) in [6.07, 6.45) is 1.76. The Hall–Kier alpha value is -2.94. The fourth-order valence-corrected chi connectivity index (χ4v) is 4.83. The van der Waals surface area contributed by atoms with Gasteiger partial charge in [0.1, 0.15) is 6.10 Å². The second kappa shape index (κ2) is 9.71. The van der Waals surface area contributed by atoms with E-state index in [1.807, 2.05) is 37.3 Å². The molecule has 1 aliphatic rings. The van der Waals surface area contributed by atoms with Crippen molar-refractivity contribution in [2.75, 3.05) is 18.1 Å². The summed E-state index contributed by atoms with van der Waals surface area (Å²) in [5, 5.41) is 5.35. The van der Waals surface area contributed by atoms with Crippen LogP contribution in [-0.4, -0.2) is 49.3 Å². The molecule has 1 aromatic carbocycles. The first-order chi connectivity index (χ1) is 14.3. The van der Waals surface area contributed by atoms with E-state index in [0.29, 0.717) is 17.9 Å². The normalized spacial score (nSPS) is 18.4. The standard InChI is InChI=1S/C21H25N3O5S/c1-15(16-5-3-2-4-6-16)29-20-8-7-17(13-23-20)21(26)22-11-9-19(25)24-18-10-12-30(27,28)14-18/h2-8,13,15,18H,9-12,14H2,1H3,(H,22,26)(H,24,25). The average Bonchev–Trinajstić information content (AvgIpc) is 3.07. The van der Waals surface area contributed by atoms with Crippen LogP contribution in [0.3, 0.4) is 0 Å². The number of aromatic nitrogens is 1. The maximum atomic E-state index is 12.2. The summed E-state index contributed by atoms with van der Waals surface area (Å²) in [6, 6.07) is 12.6. The van der Waals surface area contributed by atoms with Gasteiger partial charge in [-0.3, -0.25) is 9.59 Å². The van der Waals surface area contributed by atoms with E-state index in [2.05, 4.69) is 15.6 Å². The zero-order valence-electron chi connectivity index (χ0n) is 16.7. The maximum absolute atomic E-state index is 12.2. The first kappa shape index (κ1) is 21.8. The summed E-state index contributed by atoms with van der Waals surface area (Å²) in [6.45, 7) is 2.07. The molecule has 30 heavy (non-hydrogen) atoms. The number of amides is 2. The molecule has 9 heteroatoms. The van der Waals surface area contributed by atoms with Crippen molar-refractivity contribution in [3.05, 3.63) is 59.8 Å². The fourth-order valence-electron chi connectivity index (χ4n) is 3.16. The van der Waals surface area contributed by atoms with Crippen molar-refractivity contribution in [2.24, 2.45) is 0 Å². The largest absolute Gasteiger partial charge is 0.470 e. The molecule has 160 valence electrons. The average molecular weight is 432 g/mol. The van der Waals surface area contributed by atoms with Gasteiger partial charge in [0.05, 0.1) is 17.1 Å². The van der Waals surface area contributed by atoms with Crippen molar-refractivity contribution in [3.8, 4) is 5.88 Å². The Bertz CT molecular complexity index is 977. The molecule has 8 nitrogen and oxygen atoms in total. The molecule has 1 saturated heterocycles. The second-order valence-corrected chi connectivity index (χ2v) is 9.46. The number of hydrogen-bond acceptors (Lipinski definition) is 6. The SMILES string of the molecule is CC(Oc1ccc(C(=O)NCCC(=O)NC2CCS(=O)(=O)C2)cn1)c1ccccc1. The zero-order chi connectivity index (χ0) is 21.6. The number of pyridine rings is 1. The van der Waals surface area contributed by atoms with Crippen molar-refractivity contribution in [1.82, 2.24) is 15.6 Å². The van der Waals surface area contributed by atoms with Gasteiger partial charge in [-0.15, -0.1) is 0 Å². The van der Waals surface area contributed by atoms with Crippen LogP contribution in [0, 0.1) is 0 Å². The predicted octanol–water partition coefficient (Wildman–Crippen LogP) is 1.64. The van der Waals surface area contributed by atoms with Gasteiger partial charge < -0.3 is 15.4 Å². The van der Waals surface area contributed by atoms with E-state index in [1.54, 1.807) is 12.1 Å². The van der Waals surface area contributed by atoms with Gasteiger partial charge >= 0.3 is 0 Å². The van der Waals surface area contributed by atoms with Crippen LogP contribution in [0.2, 0.25) is 0 Å². The molecule has 0 saturated carbocycles. The molecule has 2 aromatic rings. The first-order valence-corrected chi connectivity index (χ1v) is 11.6. The summed E-state index contributed by atoms with van der Waals surface area (Å²) in [4.78, 5) is 28.3. The Morgan fingerprint density at radius 3 is 2.60 bits per heavy atom. The summed E-state index contributed by atoms with van der Waals surface area (Å²) >= 11 is 0. The van der Waals surface area contributed by atoms with Crippen LogP contribution in [0.15, 0.2) is 48.7 Å². The quantitative estimate of drug-likeness (QED) is 0.657. The van der Waals surface area contributed by atoms with E-state index in [1.165, 1.54) is 6.20 Å². The third kappa shape index (κ3) is 6.28. The van der Waals surface area contributed by atoms with Crippen molar-refractivity contribution in [2.45, 2.75) is 31.9 Å². The smallest absolute Gasteiger partial charge is 0.252 e. The molecule has 2 atom stereocenters. The third-order valence-corrected chi connectivity index (χ3v) is 6.57. The van der Waals surface area contributed by atoms with Crippen LogP contribution in [0.1, 0.15) is 41.8 Å². The lowest BCUT2D eigenvalue weighted by Gasteiger charge is -2.14. The molecule has 2 unspecified atom stereocenters. The first-order valence-electron chi connectivity index (χ1n) is 9.78. The van der Waals surface area contributed by atoms with Gasteiger partial charge in [-0.25, -0.2) is 13.4 Å². The lowest BCUT2D eigenvalue weighted by molar-refractivity contribution is -0.121. The molecular weight excluding hydrogens is 406 g/mol. The molecule has 0 spiro atoms. The number of rotatable bonds is 8. The van der Waals surface area contributed by atoms with Gasteiger partial charge in [0.25, 0.3) is 5.91 Å². The number of nitrogens with one attached hydrogen (secondary N) is 2. The van der Waals surface area contributed by atoms with E-state index in [0.717, 1.165) is 5.56 Å². The number of benzene rings is 1. The van der Waals surface area contributed by atoms with Crippen LogP contribution >= 0.6 is 0 Å². The van der Waals surface area contributed by atoms with Crippen LogP contribution in [0.5, 0.6) is 5.88 Å². The van der Waals surface area contributed by atoms with Crippen LogP contribution < -0.4 is 15.4 Å². The lowest BCUT2D eigenvalue weighted by atomic mass is 10.1. The van der Waals surface area contributed by atoms with Gasteiger partial charge in [0.2, 0.25) is 11.8 Å². The summed E-state index contributed by atoms with van der Waals surface area (Å²) in [5.41, 5.74) is 1.38. The number of hydrogen-bond donors (Lipinski definition) is 2. The minimum absolute atomic E-state index is 0.0198. The van der Waals surface area contributed by atoms with E-state index < -0.39 is 9.84 Å². The highest BCUT2D eigenvalue weighted by Crippen LogP contribution is 2.19. The number of ether oxygens (including phenoxy) is 1. The van der Waals surface area contributed by atoms with Gasteiger partial charge in [0.15, 0.2) is 9.84 Å². The molecule has 0 radical (unpaired) electrons. The Labute approximate surface area is 176 Å². The number of nitrogens with zero attached hydrogens (tertiary/aromatic N) is 1. The highest BCUT2D eigenvalue weighted by molar-refractivity contribution is 7.91. The van der Waals surface area contributed by atoms with E-state index in [4.69, 9.17) is 4.74 Å². The Kier molecular flexibility index (Phi) is 7.04. The van der Waals surface area contributed by atoms with Crippen LogP contribution in [0.4, 0.5) is 0 Å². The number of sulfone groups is 1. The molecule has 2 heterocycles.